The number of hydrogen-bond acceptors (Lipinski definition) is 2. The largest absolute Gasteiger partial charge is 0.288 e. The van der Waals surface area contributed by atoms with E-state index >= 15 is 0 Å². The summed E-state index contributed by atoms with van der Waals surface area (Å²) in [6.07, 6.45) is 0. The molecule has 1 N–H and O–H groups in total. The lowest BCUT2D eigenvalue weighted by Crippen LogP contribution is -2.20. The van der Waals surface area contributed by atoms with Gasteiger partial charge in [0.1, 0.15) is 0 Å². The fourth-order valence-corrected chi connectivity index (χ4v) is 2.68. The van der Waals surface area contributed by atoms with Crippen molar-refractivity contribution in [2.45, 2.75) is 0 Å². The van der Waals surface area contributed by atoms with Gasteiger partial charge in [0.05, 0.1) is 11.1 Å². The van der Waals surface area contributed by atoms with Gasteiger partial charge in [0.15, 0.2) is 0 Å². The first-order valence-corrected chi connectivity index (χ1v) is 6.21. The first-order valence-electron chi connectivity index (χ1n) is 5.42. The zero-order valence-corrected chi connectivity index (χ0v) is 10.8. The van der Waals surface area contributed by atoms with Crippen LogP contribution in [0.25, 0.3) is 11.1 Å². The summed E-state index contributed by atoms with van der Waals surface area (Å²) in [5, 5.41) is 2.32. The Morgan fingerprint density at radius 2 is 1.56 bits per heavy atom. The number of halogens is 1. The topological polar surface area (TPSA) is 46.2 Å². The summed E-state index contributed by atoms with van der Waals surface area (Å²) in [5.74, 6) is -0.671. The van der Waals surface area contributed by atoms with Crippen molar-refractivity contribution in [2.24, 2.45) is 0 Å². The molecule has 0 spiro atoms. The van der Waals surface area contributed by atoms with E-state index < -0.39 is 0 Å². The van der Waals surface area contributed by atoms with Crippen LogP contribution in [0, 0.1) is 0 Å². The minimum atomic E-state index is -0.338. The Balaban J connectivity index is 2.34. The quantitative estimate of drug-likeness (QED) is 0.823. The normalized spacial score (nSPS) is 13.4. The fraction of sp³-hybridized carbons (Fsp3) is 0. The van der Waals surface area contributed by atoms with Gasteiger partial charge in [-0.1, -0.05) is 46.3 Å². The zero-order chi connectivity index (χ0) is 12.7. The predicted octanol–water partition coefficient (Wildman–Crippen LogP) is 3.00. The van der Waals surface area contributed by atoms with Crippen LogP contribution in [0.2, 0.25) is 0 Å². The molecule has 1 heterocycles. The van der Waals surface area contributed by atoms with Gasteiger partial charge in [-0.2, -0.15) is 0 Å². The Hall–Kier alpha value is -1.94. The minimum absolute atomic E-state index is 0.334. The molecule has 88 valence electrons. The molecule has 0 aromatic heterocycles. The van der Waals surface area contributed by atoms with Gasteiger partial charge in [0.2, 0.25) is 0 Å². The van der Waals surface area contributed by atoms with E-state index in [1.165, 1.54) is 0 Å². The highest BCUT2D eigenvalue weighted by Gasteiger charge is 2.30. The second-order valence-electron chi connectivity index (χ2n) is 3.99. The van der Waals surface area contributed by atoms with Crippen LogP contribution in [0.5, 0.6) is 0 Å². The maximum Gasteiger partial charge on any atom is 0.259 e. The molecule has 2 amide bonds. The van der Waals surface area contributed by atoms with Crippen molar-refractivity contribution >= 4 is 27.7 Å². The predicted molar refractivity (Wildman–Crippen MR) is 71.4 cm³/mol. The third-order valence-electron chi connectivity index (χ3n) is 2.92. The van der Waals surface area contributed by atoms with E-state index in [2.05, 4.69) is 21.2 Å². The number of nitrogens with one attached hydrogen (secondary N) is 1. The van der Waals surface area contributed by atoms with Crippen LogP contribution >= 0.6 is 15.9 Å². The molecule has 0 radical (unpaired) electrons. The molecular formula is C14H8BrNO2. The number of imide groups is 1. The van der Waals surface area contributed by atoms with Crippen LogP contribution in [0.4, 0.5) is 0 Å². The molecule has 3 rings (SSSR count). The van der Waals surface area contributed by atoms with Crippen molar-refractivity contribution in [3.05, 3.63) is 58.1 Å². The van der Waals surface area contributed by atoms with E-state index in [1.54, 1.807) is 12.1 Å². The Bertz CT molecular complexity index is 665. The lowest BCUT2D eigenvalue weighted by atomic mass is 9.97. The van der Waals surface area contributed by atoms with Crippen LogP contribution in [0.3, 0.4) is 0 Å². The molecule has 0 aliphatic carbocycles. The van der Waals surface area contributed by atoms with Crippen LogP contribution in [-0.2, 0) is 0 Å². The highest BCUT2D eigenvalue weighted by molar-refractivity contribution is 9.10. The van der Waals surface area contributed by atoms with Crippen LogP contribution in [-0.4, -0.2) is 11.8 Å². The fourth-order valence-electron chi connectivity index (χ4n) is 2.12. The second kappa shape index (κ2) is 4.07. The van der Waals surface area contributed by atoms with Gasteiger partial charge in [-0.3, -0.25) is 14.9 Å². The van der Waals surface area contributed by atoms with E-state index in [4.69, 9.17) is 0 Å². The van der Waals surface area contributed by atoms with Gasteiger partial charge < -0.3 is 0 Å². The number of carbonyl (C=O) groups is 2. The van der Waals surface area contributed by atoms with E-state index in [9.17, 15) is 9.59 Å². The van der Waals surface area contributed by atoms with Crippen molar-refractivity contribution in [1.82, 2.24) is 5.32 Å². The van der Waals surface area contributed by atoms with Crippen LogP contribution in [0.1, 0.15) is 20.7 Å². The van der Waals surface area contributed by atoms with Crippen molar-refractivity contribution in [3.8, 4) is 11.1 Å². The number of fused-ring (bicyclic) bond motifs is 1. The van der Waals surface area contributed by atoms with Gasteiger partial charge in [-0.05, 0) is 17.7 Å². The van der Waals surface area contributed by atoms with Gasteiger partial charge in [0, 0.05) is 10.0 Å². The third-order valence-corrected chi connectivity index (χ3v) is 3.58. The van der Waals surface area contributed by atoms with Gasteiger partial charge in [-0.15, -0.1) is 0 Å². The smallest absolute Gasteiger partial charge is 0.259 e. The number of hydrogen-bond donors (Lipinski definition) is 1. The zero-order valence-electron chi connectivity index (χ0n) is 9.24. The minimum Gasteiger partial charge on any atom is -0.288 e. The standard InChI is InChI=1S/C14H8BrNO2/c15-10-7-6-9-12(14(18)16-13(9)17)11(10)8-4-2-1-3-5-8/h1-7H,(H,16,17,18). The first-order chi connectivity index (χ1) is 8.68. The van der Waals surface area contributed by atoms with E-state index in [-0.39, 0.29) is 11.8 Å². The Kier molecular flexibility index (Phi) is 2.52. The van der Waals surface area contributed by atoms with E-state index in [0.29, 0.717) is 11.1 Å². The summed E-state index contributed by atoms with van der Waals surface area (Å²) in [7, 11) is 0. The molecule has 0 bridgehead atoms. The van der Waals surface area contributed by atoms with Crippen molar-refractivity contribution in [3.63, 3.8) is 0 Å². The summed E-state index contributed by atoms with van der Waals surface area (Å²) >= 11 is 3.44. The Morgan fingerprint density at radius 3 is 2.28 bits per heavy atom. The number of amides is 2. The van der Waals surface area contributed by atoms with Crippen molar-refractivity contribution < 1.29 is 9.59 Å². The lowest BCUT2D eigenvalue weighted by Gasteiger charge is -2.08. The lowest BCUT2D eigenvalue weighted by molar-refractivity contribution is 0.0880. The molecule has 1 aliphatic rings. The second-order valence-corrected chi connectivity index (χ2v) is 4.85. The highest BCUT2D eigenvalue weighted by atomic mass is 79.9. The van der Waals surface area contributed by atoms with Crippen LogP contribution < -0.4 is 5.32 Å². The average Bonchev–Trinajstić information content (AvgIpc) is 2.66. The molecule has 1 aliphatic heterocycles. The number of carbonyl (C=O) groups excluding carboxylic acids is 2. The molecule has 0 atom stereocenters. The molecular weight excluding hydrogens is 294 g/mol. The summed E-state index contributed by atoms with van der Waals surface area (Å²) in [4.78, 5) is 23.5. The number of benzene rings is 2. The summed E-state index contributed by atoms with van der Waals surface area (Å²) in [6.45, 7) is 0. The molecule has 0 unspecified atom stereocenters. The summed E-state index contributed by atoms with van der Waals surface area (Å²) < 4.78 is 0.803. The number of rotatable bonds is 1. The molecule has 0 saturated carbocycles. The molecule has 18 heavy (non-hydrogen) atoms. The maximum atomic E-state index is 11.9. The maximum absolute atomic E-state index is 11.9. The Morgan fingerprint density at radius 1 is 0.833 bits per heavy atom. The molecule has 2 aromatic carbocycles. The Labute approximate surface area is 112 Å². The van der Waals surface area contributed by atoms with E-state index in [0.717, 1.165) is 15.6 Å². The van der Waals surface area contributed by atoms with Gasteiger partial charge in [-0.25, -0.2) is 0 Å². The molecule has 3 nitrogen and oxygen atoms in total. The van der Waals surface area contributed by atoms with Crippen molar-refractivity contribution in [2.75, 3.05) is 0 Å². The van der Waals surface area contributed by atoms with Gasteiger partial charge >= 0.3 is 0 Å². The third kappa shape index (κ3) is 1.57. The average molecular weight is 302 g/mol. The molecule has 0 saturated heterocycles. The highest BCUT2D eigenvalue weighted by Crippen LogP contribution is 2.35. The molecule has 4 heteroatoms. The van der Waals surface area contributed by atoms with Crippen molar-refractivity contribution in [1.29, 1.82) is 0 Å². The monoisotopic (exact) mass is 301 g/mol. The SMILES string of the molecule is O=C1NC(=O)c2c1ccc(Br)c2-c1ccccc1. The van der Waals surface area contributed by atoms with Crippen LogP contribution in [0.15, 0.2) is 46.9 Å². The molecule has 2 aromatic rings. The summed E-state index contributed by atoms with van der Waals surface area (Å²) in [5.41, 5.74) is 2.55. The van der Waals surface area contributed by atoms with E-state index in [1.807, 2.05) is 30.3 Å². The first kappa shape index (κ1) is 11.2. The molecule has 0 fully saturated rings. The van der Waals surface area contributed by atoms with Gasteiger partial charge in [0.25, 0.3) is 11.8 Å². The summed E-state index contributed by atoms with van der Waals surface area (Å²) in [6, 6.07) is 13.0.